The first kappa shape index (κ1) is 32.0. The van der Waals surface area contributed by atoms with Crippen LogP contribution in [-0.2, 0) is 28.5 Å². The van der Waals surface area contributed by atoms with Crippen molar-refractivity contribution in [2.24, 2.45) is 11.8 Å². The van der Waals surface area contributed by atoms with Crippen molar-refractivity contribution < 1.29 is 33.6 Å². The van der Waals surface area contributed by atoms with E-state index in [9.17, 15) is 9.90 Å². The molecule has 1 aliphatic carbocycles. The molecule has 7 nitrogen and oxygen atoms in total. The SMILES string of the molecule is COC(=O)CCCC=CC[C@@H]1[C@@H](C=C[C@H](CCC=C(C)C)OC2CCCCO2)[C@H](OC2CCCCO2)C[C@H]1O. The zero-order valence-corrected chi connectivity index (χ0v) is 24.4. The van der Waals surface area contributed by atoms with Crippen molar-refractivity contribution in [3.8, 4) is 0 Å². The highest BCUT2D eigenvalue weighted by molar-refractivity contribution is 5.69. The van der Waals surface area contributed by atoms with Crippen LogP contribution >= 0.6 is 0 Å². The number of carbonyl (C=O) groups is 1. The van der Waals surface area contributed by atoms with Crippen molar-refractivity contribution in [2.75, 3.05) is 20.3 Å². The summed E-state index contributed by atoms with van der Waals surface area (Å²) in [5.74, 6) is -0.0622. The number of esters is 1. The Bertz CT molecular complexity index is 775. The minimum absolute atomic E-state index is 0.0519. The van der Waals surface area contributed by atoms with Gasteiger partial charge in [-0.1, -0.05) is 36.0 Å². The highest BCUT2D eigenvalue weighted by Gasteiger charge is 2.42. The van der Waals surface area contributed by atoms with Crippen LogP contribution in [0.1, 0.15) is 97.3 Å². The standard InChI is InChI=1S/C32H52O7/c1-24(2)13-12-14-25(38-31-17-8-10-21-36-31)19-20-27-26(15-6-4-5-7-16-30(34)35-3)28(33)23-29(27)39-32-18-9-11-22-37-32/h4,6,13,19-20,25-29,31-33H,5,7-12,14-18,21-23H2,1-3H3/t25-,26+,27+,28+,29+,31?,32?/m0/s1. The van der Waals surface area contributed by atoms with E-state index in [1.54, 1.807) is 0 Å². The van der Waals surface area contributed by atoms with E-state index in [0.29, 0.717) is 12.8 Å². The zero-order valence-electron chi connectivity index (χ0n) is 24.4. The summed E-state index contributed by atoms with van der Waals surface area (Å²) in [6, 6.07) is 0. The number of rotatable bonds is 15. The Hall–Kier alpha value is -1.51. The average molecular weight is 549 g/mol. The quantitative estimate of drug-likeness (QED) is 0.144. The molecule has 2 heterocycles. The van der Waals surface area contributed by atoms with Gasteiger partial charge in [0.2, 0.25) is 0 Å². The summed E-state index contributed by atoms with van der Waals surface area (Å²) in [5.41, 5.74) is 1.31. The van der Waals surface area contributed by atoms with Crippen LogP contribution in [0.5, 0.6) is 0 Å². The van der Waals surface area contributed by atoms with Crippen molar-refractivity contribution in [3.63, 3.8) is 0 Å². The topological polar surface area (TPSA) is 83.5 Å². The first-order valence-corrected chi connectivity index (χ1v) is 15.2. The third-order valence-corrected chi connectivity index (χ3v) is 7.93. The second-order valence-corrected chi connectivity index (χ2v) is 11.4. The Kier molecular flexibility index (Phi) is 14.8. The first-order chi connectivity index (χ1) is 19.0. The Labute approximate surface area is 235 Å². The lowest BCUT2D eigenvalue weighted by Gasteiger charge is -2.30. The molecule has 39 heavy (non-hydrogen) atoms. The second kappa shape index (κ2) is 18.0. The van der Waals surface area contributed by atoms with E-state index < -0.39 is 6.10 Å². The van der Waals surface area contributed by atoms with Crippen LogP contribution in [0.4, 0.5) is 0 Å². The van der Waals surface area contributed by atoms with Crippen molar-refractivity contribution in [3.05, 3.63) is 36.0 Å². The van der Waals surface area contributed by atoms with Crippen LogP contribution in [0.3, 0.4) is 0 Å². The van der Waals surface area contributed by atoms with E-state index in [4.69, 9.17) is 23.7 Å². The van der Waals surface area contributed by atoms with E-state index in [-0.39, 0.29) is 42.6 Å². The molecule has 0 amide bonds. The van der Waals surface area contributed by atoms with Crippen molar-refractivity contribution in [1.82, 2.24) is 0 Å². The molecule has 7 heteroatoms. The molecular formula is C32H52O7. The number of hydrogen-bond donors (Lipinski definition) is 1. The molecule has 0 aromatic carbocycles. The predicted molar refractivity (Wildman–Crippen MR) is 152 cm³/mol. The van der Waals surface area contributed by atoms with Gasteiger partial charge >= 0.3 is 5.97 Å². The number of methoxy groups -OCH3 is 1. The van der Waals surface area contributed by atoms with Gasteiger partial charge in [-0.2, -0.15) is 0 Å². The van der Waals surface area contributed by atoms with Gasteiger partial charge in [-0.3, -0.25) is 4.79 Å². The fourth-order valence-corrected chi connectivity index (χ4v) is 5.69. The van der Waals surface area contributed by atoms with E-state index in [1.807, 2.05) is 0 Å². The number of unbranched alkanes of at least 4 members (excludes halogenated alkanes) is 1. The van der Waals surface area contributed by atoms with Crippen LogP contribution in [-0.4, -0.2) is 62.3 Å². The lowest BCUT2D eigenvalue weighted by molar-refractivity contribution is -0.193. The summed E-state index contributed by atoms with van der Waals surface area (Å²) in [6.45, 7) is 5.74. The number of aliphatic hydroxyl groups is 1. The third-order valence-electron chi connectivity index (χ3n) is 7.93. The second-order valence-electron chi connectivity index (χ2n) is 11.4. The predicted octanol–water partition coefficient (Wildman–Crippen LogP) is 6.40. The normalized spacial score (nSPS) is 30.6. The molecule has 222 valence electrons. The molecule has 1 saturated carbocycles. The Balaban J connectivity index is 1.68. The monoisotopic (exact) mass is 548 g/mol. The smallest absolute Gasteiger partial charge is 0.305 e. The van der Waals surface area contributed by atoms with Gasteiger partial charge in [0.15, 0.2) is 12.6 Å². The molecule has 3 aliphatic rings. The fraction of sp³-hybridized carbons (Fsp3) is 0.781. The minimum Gasteiger partial charge on any atom is -0.469 e. The maximum Gasteiger partial charge on any atom is 0.305 e. The van der Waals surface area contributed by atoms with Crippen LogP contribution < -0.4 is 0 Å². The number of aliphatic hydroxyl groups excluding tert-OH is 1. The largest absolute Gasteiger partial charge is 0.469 e. The lowest BCUT2D eigenvalue weighted by atomic mass is 9.89. The van der Waals surface area contributed by atoms with Gasteiger partial charge in [-0.05, 0) is 90.4 Å². The molecule has 0 bridgehead atoms. The summed E-state index contributed by atoms with van der Waals surface area (Å²) >= 11 is 0. The van der Waals surface area contributed by atoms with E-state index in [2.05, 4.69) is 44.2 Å². The highest BCUT2D eigenvalue weighted by atomic mass is 16.7. The molecule has 2 saturated heterocycles. The molecule has 3 rings (SSSR count). The molecule has 7 atom stereocenters. The summed E-state index contributed by atoms with van der Waals surface area (Å²) in [7, 11) is 1.42. The lowest BCUT2D eigenvalue weighted by Crippen LogP contribution is -2.31. The fourth-order valence-electron chi connectivity index (χ4n) is 5.69. The number of ether oxygens (including phenoxy) is 5. The molecule has 0 radical (unpaired) electrons. The number of hydrogen-bond acceptors (Lipinski definition) is 7. The molecule has 1 N–H and O–H groups in total. The van der Waals surface area contributed by atoms with Gasteiger partial charge in [0.25, 0.3) is 0 Å². The summed E-state index contributed by atoms with van der Waals surface area (Å²) in [5, 5.41) is 11.1. The maximum atomic E-state index is 11.4. The van der Waals surface area contributed by atoms with Gasteiger partial charge in [0, 0.05) is 32.0 Å². The van der Waals surface area contributed by atoms with Crippen molar-refractivity contribution in [1.29, 1.82) is 0 Å². The zero-order chi connectivity index (χ0) is 27.9. The molecule has 3 fully saturated rings. The van der Waals surface area contributed by atoms with Crippen molar-refractivity contribution >= 4 is 5.97 Å². The van der Waals surface area contributed by atoms with Gasteiger partial charge < -0.3 is 28.8 Å². The average Bonchev–Trinajstić information content (AvgIpc) is 3.23. The summed E-state index contributed by atoms with van der Waals surface area (Å²) < 4.78 is 29.4. The molecule has 0 aromatic rings. The van der Waals surface area contributed by atoms with Gasteiger partial charge in [0.05, 0.1) is 25.4 Å². The van der Waals surface area contributed by atoms with Crippen LogP contribution in [0.25, 0.3) is 0 Å². The van der Waals surface area contributed by atoms with Crippen molar-refractivity contribution in [2.45, 2.75) is 128 Å². The van der Waals surface area contributed by atoms with Gasteiger partial charge in [-0.15, -0.1) is 0 Å². The molecule has 2 aliphatic heterocycles. The molecule has 2 unspecified atom stereocenters. The molecule has 0 spiro atoms. The first-order valence-electron chi connectivity index (χ1n) is 15.2. The Morgan fingerprint density at radius 1 is 1.03 bits per heavy atom. The third kappa shape index (κ3) is 11.9. The Morgan fingerprint density at radius 3 is 2.44 bits per heavy atom. The van der Waals surface area contributed by atoms with Crippen LogP contribution in [0.15, 0.2) is 36.0 Å². The maximum absolute atomic E-state index is 11.4. The Morgan fingerprint density at radius 2 is 1.77 bits per heavy atom. The van der Waals surface area contributed by atoms with Crippen LogP contribution in [0.2, 0.25) is 0 Å². The van der Waals surface area contributed by atoms with E-state index >= 15 is 0 Å². The number of allylic oxidation sites excluding steroid dienone is 4. The number of carbonyl (C=O) groups excluding carboxylic acids is 1. The van der Waals surface area contributed by atoms with Gasteiger partial charge in [0.1, 0.15) is 0 Å². The highest BCUT2D eigenvalue weighted by Crippen LogP contribution is 2.39. The summed E-state index contributed by atoms with van der Waals surface area (Å²) in [6.07, 6.45) is 21.4. The molecule has 0 aromatic heterocycles. The molecular weight excluding hydrogens is 496 g/mol. The van der Waals surface area contributed by atoms with Crippen LogP contribution in [0, 0.1) is 11.8 Å². The summed E-state index contributed by atoms with van der Waals surface area (Å²) in [4.78, 5) is 11.4. The van der Waals surface area contributed by atoms with E-state index in [1.165, 1.54) is 12.7 Å². The minimum atomic E-state index is -0.445. The van der Waals surface area contributed by atoms with Gasteiger partial charge in [-0.25, -0.2) is 0 Å². The van der Waals surface area contributed by atoms with E-state index in [0.717, 1.165) is 83.8 Å².